The zero-order valence-electron chi connectivity index (χ0n) is 20.2. The minimum absolute atomic E-state index is 0.135. The molecule has 0 fully saturated rings. The van der Waals surface area contributed by atoms with Gasteiger partial charge in [0.2, 0.25) is 5.91 Å². The van der Waals surface area contributed by atoms with Crippen molar-refractivity contribution in [3.8, 4) is 0 Å². The van der Waals surface area contributed by atoms with Crippen molar-refractivity contribution in [3.63, 3.8) is 0 Å². The van der Waals surface area contributed by atoms with Gasteiger partial charge in [0.05, 0.1) is 10.6 Å². The van der Waals surface area contributed by atoms with Gasteiger partial charge in [-0.05, 0) is 79.1 Å². The van der Waals surface area contributed by atoms with Crippen molar-refractivity contribution in [2.45, 2.75) is 29.4 Å². The quantitative estimate of drug-likeness (QED) is 0.260. The first-order valence-corrected chi connectivity index (χ1v) is 14.0. The van der Waals surface area contributed by atoms with Crippen LogP contribution in [0.15, 0.2) is 113 Å². The molecule has 5 nitrogen and oxygen atoms in total. The number of aryl methyl sites for hydroxylation is 2. The maximum absolute atomic E-state index is 13.5. The van der Waals surface area contributed by atoms with E-state index in [4.69, 9.17) is 0 Å². The van der Waals surface area contributed by atoms with Crippen LogP contribution in [0.2, 0.25) is 0 Å². The van der Waals surface area contributed by atoms with E-state index < -0.39 is 15.9 Å². The number of amides is 1. The second-order valence-corrected chi connectivity index (χ2v) is 11.4. The molecule has 0 unspecified atom stereocenters. The zero-order valence-corrected chi connectivity index (χ0v) is 21.9. The summed E-state index contributed by atoms with van der Waals surface area (Å²) in [6.07, 6.45) is 0. The number of carbonyl (C=O) groups is 1. The molecule has 184 valence electrons. The van der Waals surface area contributed by atoms with Crippen LogP contribution in [0.25, 0.3) is 0 Å². The second kappa shape index (κ2) is 11.5. The lowest BCUT2D eigenvalue weighted by molar-refractivity contribution is -0.114. The molecule has 0 saturated carbocycles. The largest absolute Gasteiger partial charge is 0.325 e. The average molecular weight is 517 g/mol. The first kappa shape index (κ1) is 25.5. The van der Waals surface area contributed by atoms with Gasteiger partial charge in [-0.25, -0.2) is 8.42 Å². The van der Waals surface area contributed by atoms with E-state index in [1.165, 1.54) is 17.0 Å². The van der Waals surface area contributed by atoms with Crippen LogP contribution in [-0.2, 0) is 20.6 Å². The highest BCUT2D eigenvalue weighted by Gasteiger charge is 2.27. The Morgan fingerprint density at radius 1 is 0.806 bits per heavy atom. The topological polar surface area (TPSA) is 66.5 Å². The number of hydrogen-bond acceptors (Lipinski definition) is 4. The van der Waals surface area contributed by atoms with E-state index in [-0.39, 0.29) is 11.4 Å². The number of thioether (sulfide) groups is 1. The molecule has 4 aromatic carbocycles. The van der Waals surface area contributed by atoms with Gasteiger partial charge in [0, 0.05) is 16.3 Å². The number of hydrogen-bond donors (Lipinski definition) is 1. The molecule has 0 bridgehead atoms. The highest BCUT2D eigenvalue weighted by atomic mass is 32.2. The number of rotatable bonds is 9. The fourth-order valence-electron chi connectivity index (χ4n) is 3.61. The summed E-state index contributed by atoms with van der Waals surface area (Å²) >= 11 is 1.74. The molecule has 1 amide bonds. The second-order valence-electron chi connectivity index (χ2n) is 8.44. The van der Waals surface area contributed by atoms with Crippen molar-refractivity contribution < 1.29 is 13.2 Å². The molecular weight excluding hydrogens is 488 g/mol. The summed E-state index contributed by atoms with van der Waals surface area (Å²) in [5.41, 5.74) is 4.19. The van der Waals surface area contributed by atoms with E-state index in [1.54, 1.807) is 42.1 Å². The van der Waals surface area contributed by atoms with Crippen LogP contribution in [-0.4, -0.2) is 20.9 Å². The third kappa shape index (κ3) is 6.36. The van der Waals surface area contributed by atoms with Gasteiger partial charge in [-0.3, -0.25) is 9.10 Å². The number of sulfonamides is 1. The van der Waals surface area contributed by atoms with Crippen LogP contribution in [0.4, 0.5) is 11.4 Å². The Morgan fingerprint density at radius 2 is 1.44 bits per heavy atom. The molecule has 0 aromatic heterocycles. The Hall–Kier alpha value is -3.55. The first-order valence-electron chi connectivity index (χ1n) is 11.5. The molecule has 0 aliphatic heterocycles. The highest BCUT2D eigenvalue weighted by molar-refractivity contribution is 7.98. The summed E-state index contributed by atoms with van der Waals surface area (Å²) in [5, 5.41) is 2.84. The molecule has 4 aromatic rings. The molecular formula is C29H28N2O3S2. The van der Waals surface area contributed by atoms with Crippen LogP contribution in [0.5, 0.6) is 0 Å². The first-order chi connectivity index (χ1) is 17.3. The van der Waals surface area contributed by atoms with E-state index in [9.17, 15) is 13.2 Å². The summed E-state index contributed by atoms with van der Waals surface area (Å²) in [7, 11) is -3.94. The molecule has 0 radical (unpaired) electrons. The van der Waals surface area contributed by atoms with Crippen molar-refractivity contribution in [2.75, 3.05) is 16.2 Å². The SMILES string of the molecule is Cc1ccc(N(CC(=O)Nc2ccc(CSc3ccccc3)cc2)S(=O)(=O)c2ccccc2)cc1C. The van der Waals surface area contributed by atoms with Gasteiger partial charge in [0.15, 0.2) is 0 Å². The zero-order chi connectivity index (χ0) is 25.5. The molecule has 4 rings (SSSR count). The van der Waals surface area contributed by atoms with Gasteiger partial charge in [0.1, 0.15) is 6.54 Å². The molecule has 7 heteroatoms. The van der Waals surface area contributed by atoms with Gasteiger partial charge < -0.3 is 5.32 Å². The van der Waals surface area contributed by atoms with Crippen molar-refractivity contribution in [1.29, 1.82) is 0 Å². The lowest BCUT2D eigenvalue weighted by Gasteiger charge is -2.25. The van der Waals surface area contributed by atoms with Crippen LogP contribution in [0.1, 0.15) is 16.7 Å². The molecule has 0 saturated heterocycles. The lowest BCUT2D eigenvalue weighted by Crippen LogP contribution is -2.38. The predicted octanol–water partition coefficient (Wildman–Crippen LogP) is 6.43. The van der Waals surface area contributed by atoms with Crippen LogP contribution in [0, 0.1) is 13.8 Å². The molecule has 0 atom stereocenters. The minimum Gasteiger partial charge on any atom is -0.325 e. The lowest BCUT2D eigenvalue weighted by atomic mass is 10.1. The van der Waals surface area contributed by atoms with Gasteiger partial charge in [-0.2, -0.15) is 0 Å². The molecule has 0 spiro atoms. The third-order valence-corrected chi connectivity index (χ3v) is 8.65. The third-order valence-electron chi connectivity index (χ3n) is 5.78. The summed E-state index contributed by atoms with van der Waals surface area (Å²) in [5.74, 6) is 0.396. The number of nitrogens with zero attached hydrogens (tertiary/aromatic N) is 1. The molecule has 1 N–H and O–H groups in total. The van der Waals surface area contributed by atoms with Gasteiger partial charge in [-0.1, -0.05) is 54.6 Å². The van der Waals surface area contributed by atoms with Gasteiger partial charge >= 0.3 is 0 Å². The summed E-state index contributed by atoms with van der Waals surface area (Å²) in [6.45, 7) is 3.54. The number of carbonyl (C=O) groups excluding carboxylic acids is 1. The molecule has 0 aliphatic carbocycles. The predicted molar refractivity (Wildman–Crippen MR) is 148 cm³/mol. The minimum atomic E-state index is -3.94. The normalized spacial score (nSPS) is 11.2. The molecule has 0 aliphatic rings. The summed E-state index contributed by atoms with van der Waals surface area (Å²) < 4.78 is 28.1. The Labute approximate surface area is 217 Å². The van der Waals surface area contributed by atoms with Crippen molar-refractivity contribution in [2.24, 2.45) is 0 Å². The Bertz CT molecular complexity index is 1420. The van der Waals surface area contributed by atoms with Crippen LogP contribution in [0.3, 0.4) is 0 Å². The Balaban J connectivity index is 1.49. The van der Waals surface area contributed by atoms with E-state index in [0.717, 1.165) is 26.7 Å². The number of anilines is 2. The van der Waals surface area contributed by atoms with Crippen molar-refractivity contribution in [1.82, 2.24) is 0 Å². The monoisotopic (exact) mass is 516 g/mol. The van der Waals surface area contributed by atoms with Gasteiger partial charge in [-0.15, -0.1) is 11.8 Å². The fraction of sp³-hybridized carbons (Fsp3) is 0.138. The van der Waals surface area contributed by atoms with Gasteiger partial charge in [0.25, 0.3) is 10.0 Å². The smallest absolute Gasteiger partial charge is 0.264 e. The van der Waals surface area contributed by atoms with Crippen LogP contribution >= 0.6 is 11.8 Å². The van der Waals surface area contributed by atoms with E-state index in [0.29, 0.717) is 11.4 Å². The Morgan fingerprint density at radius 3 is 2.08 bits per heavy atom. The molecule has 0 heterocycles. The molecule has 36 heavy (non-hydrogen) atoms. The average Bonchev–Trinajstić information content (AvgIpc) is 2.89. The number of nitrogens with one attached hydrogen (secondary N) is 1. The maximum atomic E-state index is 13.5. The fourth-order valence-corrected chi connectivity index (χ4v) is 5.92. The maximum Gasteiger partial charge on any atom is 0.264 e. The van der Waals surface area contributed by atoms with Crippen molar-refractivity contribution in [3.05, 3.63) is 120 Å². The highest BCUT2D eigenvalue weighted by Crippen LogP contribution is 2.26. The van der Waals surface area contributed by atoms with Crippen molar-refractivity contribution >= 4 is 39.1 Å². The standard InChI is InChI=1S/C29H28N2O3S2/c1-22-13-18-26(19-23(22)2)31(36(33,34)28-11-7-4-8-12-28)20-29(32)30-25-16-14-24(15-17-25)21-35-27-9-5-3-6-10-27/h3-19H,20-21H2,1-2H3,(H,30,32). The van der Waals surface area contributed by atoms with Crippen LogP contribution < -0.4 is 9.62 Å². The van der Waals surface area contributed by atoms with E-state index in [1.807, 2.05) is 62.4 Å². The summed E-state index contributed by atoms with van der Waals surface area (Å²) in [6, 6.07) is 31.3. The van der Waals surface area contributed by atoms with E-state index >= 15 is 0 Å². The number of benzene rings is 4. The van der Waals surface area contributed by atoms with E-state index in [2.05, 4.69) is 17.4 Å². The Kier molecular flexibility index (Phi) is 8.13. The summed E-state index contributed by atoms with van der Waals surface area (Å²) in [4.78, 5) is 14.3.